The summed E-state index contributed by atoms with van der Waals surface area (Å²) < 4.78 is 37.3. The number of nitrogens with two attached hydrogens (primary N) is 1. The van der Waals surface area contributed by atoms with Crippen molar-refractivity contribution in [2.45, 2.75) is 50.2 Å². The third kappa shape index (κ3) is 4.60. The highest BCUT2D eigenvalue weighted by Crippen LogP contribution is 2.41. The summed E-state index contributed by atoms with van der Waals surface area (Å²) in [4.78, 5) is 9.16. The van der Waals surface area contributed by atoms with Crippen LogP contribution in [-0.2, 0) is 15.6 Å². The first-order valence-corrected chi connectivity index (χ1v) is 13.0. The van der Waals surface area contributed by atoms with Crippen LogP contribution in [0, 0.1) is 5.92 Å². The molecule has 0 radical (unpaired) electrons. The molecule has 2 aromatic heterocycles. The predicted molar refractivity (Wildman–Crippen MR) is 122 cm³/mol. The topological polar surface area (TPSA) is 108 Å². The normalized spacial score (nSPS) is 20.7. The fourth-order valence-corrected chi connectivity index (χ4v) is 5.78. The van der Waals surface area contributed by atoms with Gasteiger partial charge in [-0.05, 0) is 68.2 Å². The second-order valence-corrected chi connectivity index (χ2v) is 10.8. The smallest absolute Gasteiger partial charge is 0.257 e. The van der Waals surface area contributed by atoms with Crippen molar-refractivity contribution in [2.24, 2.45) is 11.7 Å². The van der Waals surface area contributed by atoms with E-state index in [4.69, 9.17) is 20.2 Å². The van der Waals surface area contributed by atoms with Gasteiger partial charge in [0.25, 0.3) is 5.88 Å². The highest BCUT2D eigenvalue weighted by Gasteiger charge is 2.43. The molecule has 2 fully saturated rings. The lowest BCUT2D eigenvalue weighted by Crippen LogP contribution is -2.51. The van der Waals surface area contributed by atoms with Crippen LogP contribution in [-0.4, -0.2) is 55.3 Å². The number of hydrogen-bond acceptors (Lipinski definition) is 7. The fraction of sp³-hybridized carbons (Fsp3) is 0.565. The maximum Gasteiger partial charge on any atom is 0.257 e. The molecule has 174 valence electrons. The molecule has 1 aliphatic heterocycles. The van der Waals surface area contributed by atoms with Gasteiger partial charge in [-0.3, -0.25) is 4.98 Å². The number of piperidine rings is 1. The van der Waals surface area contributed by atoms with E-state index in [0.717, 1.165) is 31.2 Å². The van der Waals surface area contributed by atoms with Crippen LogP contribution in [0.25, 0.3) is 0 Å². The Hall–Kier alpha value is -2.23. The van der Waals surface area contributed by atoms with E-state index in [1.54, 1.807) is 19.5 Å². The van der Waals surface area contributed by atoms with Crippen molar-refractivity contribution in [1.29, 1.82) is 0 Å². The van der Waals surface area contributed by atoms with Crippen molar-refractivity contribution in [1.82, 2.24) is 14.3 Å². The minimum Gasteiger partial charge on any atom is -0.491 e. The maximum atomic E-state index is 12.0. The van der Waals surface area contributed by atoms with Crippen LogP contribution >= 0.6 is 0 Å². The molecule has 3 heterocycles. The summed E-state index contributed by atoms with van der Waals surface area (Å²) in [6, 6.07) is 7.56. The number of pyridine rings is 2. The molecule has 32 heavy (non-hydrogen) atoms. The Morgan fingerprint density at radius 1 is 1.12 bits per heavy atom. The molecule has 1 aliphatic carbocycles. The highest BCUT2D eigenvalue weighted by molar-refractivity contribution is 7.88. The minimum atomic E-state index is -3.23. The highest BCUT2D eigenvalue weighted by atomic mass is 32.2. The molecule has 1 unspecified atom stereocenters. The molecule has 1 saturated heterocycles. The first-order chi connectivity index (χ1) is 15.3. The van der Waals surface area contributed by atoms with Gasteiger partial charge in [-0.15, -0.1) is 0 Å². The van der Waals surface area contributed by atoms with Gasteiger partial charge in [0.2, 0.25) is 10.0 Å². The average Bonchev–Trinajstić information content (AvgIpc) is 3.32. The number of ether oxygens (including phenoxy) is 2. The van der Waals surface area contributed by atoms with E-state index in [1.165, 1.54) is 10.6 Å². The number of hydrogen-bond donors (Lipinski definition) is 1. The second kappa shape index (κ2) is 9.33. The zero-order valence-electron chi connectivity index (χ0n) is 18.7. The summed E-state index contributed by atoms with van der Waals surface area (Å²) in [7, 11) is -1.62. The summed E-state index contributed by atoms with van der Waals surface area (Å²) in [5.41, 5.74) is 7.77. The van der Waals surface area contributed by atoms with E-state index in [0.29, 0.717) is 43.3 Å². The van der Waals surface area contributed by atoms with Gasteiger partial charge in [0.05, 0.1) is 24.6 Å². The molecule has 1 atom stereocenters. The van der Waals surface area contributed by atoms with Gasteiger partial charge >= 0.3 is 0 Å². The van der Waals surface area contributed by atoms with E-state index in [9.17, 15) is 8.42 Å². The lowest BCUT2D eigenvalue weighted by molar-refractivity contribution is 0.182. The standard InChI is InChI=1S/C23H32N4O4S/c1-30-20-9-10-21(26-22(20)31-19-7-3-4-8-19)23(24,18-6-5-13-25-16-18)17-11-14-27(15-12-17)32(2,28)29/h5-6,9-10,13,16-17,19H,3-4,7-8,11-12,14-15,24H2,1-2H3. The molecule has 4 rings (SSSR count). The second-order valence-electron chi connectivity index (χ2n) is 8.78. The monoisotopic (exact) mass is 460 g/mol. The fourth-order valence-electron chi connectivity index (χ4n) is 4.90. The summed E-state index contributed by atoms with van der Waals surface area (Å²) in [5, 5.41) is 0. The Morgan fingerprint density at radius 2 is 1.84 bits per heavy atom. The SMILES string of the molecule is COc1ccc(C(N)(c2cccnc2)C2CCN(S(C)(=O)=O)CC2)nc1OC1CCCC1. The zero-order chi connectivity index (χ0) is 22.8. The van der Waals surface area contributed by atoms with Gasteiger partial charge in [-0.25, -0.2) is 17.7 Å². The van der Waals surface area contributed by atoms with E-state index in [2.05, 4.69) is 4.98 Å². The van der Waals surface area contributed by atoms with E-state index >= 15 is 0 Å². The molecule has 2 N–H and O–H groups in total. The molecule has 8 nitrogen and oxygen atoms in total. The molecule has 0 spiro atoms. The Balaban J connectivity index is 1.71. The molecule has 1 saturated carbocycles. The average molecular weight is 461 g/mol. The number of aromatic nitrogens is 2. The third-order valence-electron chi connectivity index (χ3n) is 6.76. The van der Waals surface area contributed by atoms with Crippen molar-refractivity contribution in [3.8, 4) is 11.6 Å². The number of nitrogens with zero attached hydrogens (tertiary/aromatic N) is 3. The quantitative estimate of drug-likeness (QED) is 0.677. The molecule has 9 heteroatoms. The largest absolute Gasteiger partial charge is 0.491 e. The molecule has 2 aromatic rings. The molecular formula is C23H32N4O4S. The minimum absolute atomic E-state index is 0.00933. The van der Waals surface area contributed by atoms with Gasteiger partial charge in [-0.2, -0.15) is 0 Å². The van der Waals surface area contributed by atoms with E-state index in [1.807, 2.05) is 24.3 Å². The lowest BCUT2D eigenvalue weighted by Gasteiger charge is -2.42. The third-order valence-corrected chi connectivity index (χ3v) is 8.06. The number of rotatable bonds is 7. The van der Waals surface area contributed by atoms with Crippen molar-refractivity contribution in [3.63, 3.8) is 0 Å². The molecular weight excluding hydrogens is 428 g/mol. The van der Waals surface area contributed by atoms with Gasteiger partial charge < -0.3 is 15.2 Å². The van der Waals surface area contributed by atoms with Gasteiger partial charge in [0, 0.05) is 25.5 Å². The molecule has 0 amide bonds. The van der Waals surface area contributed by atoms with Crippen molar-refractivity contribution >= 4 is 10.0 Å². The summed E-state index contributed by atoms with van der Waals surface area (Å²) >= 11 is 0. The summed E-state index contributed by atoms with van der Waals surface area (Å²) in [6.45, 7) is 0.870. The van der Waals surface area contributed by atoms with Gasteiger partial charge in [-0.1, -0.05) is 6.07 Å². The van der Waals surface area contributed by atoms with E-state index in [-0.39, 0.29) is 12.0 Å². The van der Waals surface area contributed by atoms with E-state index < -0.39 is 15.6 Å². The van der Waals surface area contributed by atoms with Crippen molar-refractivity contribution < 1.29 is 17.9 Å². The molecule has 2 aliphatic rings. The van der Waals surface area contributed by atoms with Crippen LogP contribution in [0.15, 0.2) is 36.7 Å². The Morgan fingerprint density at radius 3 is 2.44 bits per heavy atom. The van der Waals surface area contributed by atoms with Crippen LogP contribution in [0.3, 0.4) is 0 Å². The predicted octanol–water partition coefficient (Wildman–Crippen LogP) is 2.68. The van der Waals surface area contributed by atoms with Gasteiger partial charge in [0.1, 0.15) is 6.10 Å². The molecule has 0 bridgehead atoms. The van der Waals surface area contributed by atoms with Crippen LogP contribution in [0.4, 0.5) is 0 Å². The van der Waals surface area contributed by atoms with Crippen molar-refractivity contribution in [3.05, 3.63) is 47.9 Å². The van der Waals surface area contributed by atoms with Crippen molar-refractivity contribution in [2.75, 3.05) is 26.5 Å². The van der Waals surface area contributed by atoms with Gasteiger partial charge in [0.15, 0.2) is 5.75 Å². The Labute approximate surface area is 190 Å². The Bertz CT molecular complexity index is 1020. The first kappa shape index (κ1) is 22.9. The first-order valence-electron chi connectivity index (χ1n) is 11.2. The Kier molecular flexibility index (Phi) is 6.69. The maximum absolute atomic E-state index is 12.0. The summed E-state index contributed by atoms with van der Waals surface area (Å²) in [6.07, 6.45) is 10.5. The number of sulfonamides is 1. The summed E-state index contributed by atoms with van der Waals surface area (Å²) in [5.74, 6) is 1.04. The number of methoxy groups -OCH3 is 1. The van der Waals surface area contributed by atoms with Crippen LogP contribution < -0.4 is 15.2 Å². The molecule has 0 aromatic carbocycles. The van der Waals surface area contributed by atoms with Crippen LogP contribution in [0.1, 0.15) is 49.8 Å². The van der Waals surface area contributed by atoms with Crippen LogP contribution in [0.5, 0.6) is 11.6 Å². The lowest BCUT2D eigenvalue weighted by atomic mass is 9.72. The van der Waals surface area contributed by atoms with Crippen LogP contribution in [0.2, 0.25) is 0 Å². The zero-order valence-corrected chi connectivity index (χ0v) is 19.6.